The van der Waals surface area contributed by atoms with E-state index in [1.54, 1.807) is 0 Å². The lowest BCUT2D eigenvalue weighted by atomic mass is 10.2. The predicted molar refractivity (Wildman–Crippen MR) is 98.7 cm³/mol. The van der Waals surface area contributed by atoms with Gasteiger partial charge in [0.25, 0.3) is 0 Å². The van der Waals surface area contributed by atoms with Gasteiger partial charge in [-0.25, -0.2) is 0 Å². The summed E-state index contributed by atoms with van der Waals surface area (Å²) in [6, 6.07) is 8.06. The first-order valence-electron chi connectivity index (χ1n) is 7.43. The maximum atomic E-state index is 5.92. The third-order valence-corrected chi connectivity index (χ3v) is 4.09. The number of rotatable bonds is 5. The molecule has 0 spiro atoms. The topological polar surface area (TPSA) is 71.4 Å². The average molecular weight is 395 g/mol. The van der Waals surface area contributed by atoms with Gasteiger partial charge >= 0.3 is 0 Å². The normalized spacial score (nSPS) is 15.6. The van der Waals surface area contributed by atoms with E-state index in [2.05, 4.69) is 32.1 Å². The highest BCUT2D eigenvalue weighted by atomic mass is 35.5. The van der Waals surface area contributed by atoms with E-state index in [1.165, 1.54) is 5.56 Å². The van der Waals surface area contributed by atoms with E-state index < -0.39 is 0 Å². The fourth-order valence-corrected chi connectivity index (χ4v) is 2.72. The molecule has 1 aromatic heterocycles. The highest BCUT2D eigenvalue weighted by Crippen LogP contribution is 2.13. The Morgan fingerprint density at radius 2 is 1.58 bits per heavy atom. The lowest BCUT2D eigenvalue weighted by Crippen LogP contribution is -2.45. The summed E-state index contributed by atoms with van der Waals surface area (Å²) < 4.78 is 5.03. The molecule has 134 valence electrons. The number of piperazine rings is 1. The van der Waals surface area contributed by atoms with E-state index >= 15 is 0 Å². The van der Waals surface area contributed by atoms with Crippen molar-refractivity contribution >= 4 is 36.4 Å². The zero-order chi connectivity index (χ0) is 15.4. The molecular formula is C15H22Cl3N5O. The fraction of sp³-hybridized carbons (Fsp3) is 0.467. The van der Waals surface area contributed by atoms with Gasteiger partial charge in [-0.05, 0) is 17.7 Å². The van der Waals surface area contributed by atoms with Crippen molar-refractivity contribution in [1.29, 1.82) is 0 Å². The van der Waals surface area contributed by atoms with Crippen molar-refractivity contribution < 1.29 is 4.52 Å². The molecule has 0 radical (unpaired) electrons. The van der Waals surface area contributed by atoms with Gasteiger partial charge in [0, 0.05) is 37.7 Å². The van der Waals surface area contributed by atoms with Crippen LogP contribution in [0.4, 0.5) is 0 Å². The number of halogens is 3. The molecule has 0 unspecified atom stereocenters. The molecule has 1 fully saturated rings. The van der Waals surface area contributed by atoms with Crippen LogP contribution in [0.3, 0.4) is 0 Å². The van der Waals surface area contributed by atoms with Crippen molar-refractivity contribution in [3.63, 3.8) is 0 Å². The highest BCUT2D eigenvalue weighted by Gasteiger charge is 2.18. The molecule has 24 heavy (non-hydrogen) atoms. The Bertz CT molecular complexity index is 599. The molecule has 2 heterocycles. The molecule has 0 amide bonds. The maximum absolute atomic E-state index is 5.92. The van der Waals surface area contributed by atoms with Gasteiger partial charge in [0.1, 0.15) is 0 Å². The molecule has 0 aliphatic carbocycles. The molecule has 1 aromatic carbocycles. The Morgan fingerprint density at radius 3 is 2.12 bits per heavy atom. The second kappa shape index (κ2) is 10.2. The number of nitrogens with zero attached hydrogens (tertiary/aromatic N) is 4. The molecule has 6 nitrogen and oxygen atoms in total. The van der Waals surface area contributed by atoms with Gasteiger partial charge in [0.2, 0.25) is 5.89 Å². The van der Waals surface area contributed by atoms with Crippen LogP contribution in [0, 0.1) is 0 Å². The Hall–Kier alpha value is -0.890. The summed E-state index contributed by atoms with van der Waals surface area (Å²) in [4.78, 5) is 9.03. The summed E-state index contributed by atoms with van der Waals surface area (Å²) in [6.07, 6.45) is 0. The summed E-state index contributed by atoms with van der Waals surface area (Å²) in [5, 5.41) is 4.73. The minimum absolute atomic E-state index is 0. The third kappa shape index (κ3) is 5.88. The first kappa shape index (κ1) is 21.2. The molecule has 0 saturated carbocycles. The van der Waals surface area contributed by atoms with Crippen LogP contribution < -0.4 is 5.73 Å². The molecule has 1 saturated heterocycles. The van der Waals surface area contributed by atoms with Gasteiger partial charge in [0.15, 0.2) is 5.82 Å². The van der Waals surface area contributed by atoms with E-state index in [1.807, 2.05) is 12.1 Å². The quantitative estimate of drug-likeness (QED) is 0.839. The molecule has 0 atom stereocenters. The molecule has 2 N–H and O–H groups in total. The average Bonchev–Trinajstić information content (AvgIpc) is 2.99. The fourth-order valence-electron chi connectivity index (χ4n) is 2.59. The zero-order valence-electron chi connectivity index (χ0n) is 13.2. The summed E-state index contributed by atoms with van der Waals surface area (Å²) >= 11 is 5.92. The van der Waals surface area contributed by atoms with Gasteiger partial charge in [-0.15, -0.1) is 24.8 Å². The first-order chi connectivity index (χ1) is 10.7. The largest absolute Gasteiger partial charge is 0.338 e. The Kier molecular flexibility index (Phi) is 8.97. The van der Waals surface area contributed by atoms with E-state index in [-0.39, 0.29) is 24.8 Å². The number of hydrogen-bond donors (Lipinski definition) is 1. The summed E-state index contributed by atoms with van der Waals surface area (Å²) in [6.45, 7) is 6.04. The second-order valence-corrected chi connectivity index (χ2v) is 5.92. The smallest absolute Gasteiger partial charge is 0.240 e. The van der Waals surface area contributed by atoms with Crippen LogP contribution in [-0.4, -0.2) is 46.1 Å². The SMILES string of the molecule is Cl.Cl.NCc1nc(CN2CCN(Cc3ccc(Cl)cc3)CC2)no1. The Morgan fingerprint density at radius 1 is 1.00 bits per heavy atom. The number of nitrogens with two attached hydrogens (primary N) is 1. The van der Waals surface area contributed by atoms with Gasteiger partial charge in [-0.1, -0.05) is 28.9 Å². The van der Waals surface area contributed by atoms with Crippen LogP contribution in [0.1, 0.15) is 17.3 Å². The minimum Gasteiger partial charge on any atom is -0.338 e. The van der Waals surface area contributed by atoms with Crippen LogP contribution in [0.25, 0.3) is 0 Å². The van der Waals surface area contributed by atoms with E-state index in [0.29, 0.717) is 18.3 Å². The summed E-state index contributed by atoms with van der Waals surface area (Å²) in [5.41, 5.74) is 6.77. The van der Waals surface area contributed by atoms with Crippen LogP contribution in [-0.2, 0) is 19.6 Å². The Balaban J connectivity index is 0.00000144. The predicted octanol–water partition coefficient (Wildman–Crippen LogP) is 2.34. The highest BCUT2D eigenvalue weighted by molar-refractivity contribution is 6.30. The monoisotopic (exact) mass is 393 g/mol. The maximum Gasteiger partial charge on any atom is 0.240 e. The summed E-state index contributed by atoms with van der Waals surface area (Å²) in [7, 11) is 0. The molecule has 1 aliphatic rings. The standard InChI is InChI=1S/C15H20ClN5O.2ClH/c16-13-3-1-12(2-4-13)10-20-5-7-21(8-6-20)11-14-18-15(9-17)22-19-14;;/h1-4H,5-11,17H2;2*1H. The lowest BCUT2D eigenvalue weighted by Gasteiger charge is -2.34. The molecule has 1 aliphatic heterocycles. The van der Waals surface area contributed by atoms with Crippen LogP contribution >= 0.6 is 36.4 Å². The lowest BCUT2D eigenvalue weighted by molar-refractivity contribution is 0.119. The third-order valence-electron chi connectivity index (χ3n) is 3.83. The van der Waals surface area contributed by atoms with Crippen molar-refractivity contribution in [3.05, 3.63) is 46.6 Å². The van der Waals surface area contributed by atoms with E-state index in [9.17, 15) is 0 Å². The number of benzene rings is 1. The van der Waals surface area contributed by atoms with Crippen molar-refractivity contribution in [2.75, 3.05) is 26.2 Å². The van der Waals surface area contributed by atoms with Crippen molar-refractivity contribution in [2.24, 2.45) is 5.73 Å². The minimum atomic E-state index is 0. The van der Waals surface area contributed by atoms with Gasteiger partial charge < -0.3 is 10.3 Å². The van der Waals surface area contributed by atoms with Gasteiger partial charge in [0.05, 0.1) is 13.1 Å². The first-order valence-corrected chi connectivity index (χ1v) is 7.81. The second-order valence-electron chi connectivity index (χ2n) is 5.49. The van der Waals surface area contributed by atoms with Crippen molar-refractivity contribution in [3.8, 4) is 0 Å². The van der Waals surface area contributed by atoms with Crippen LogP contribution in [0.5, 0.6) is 0 Å². The van der Waals surface area contributed by atoms with Crippen LogP contribution in [0.15, 0.2) is 28.8 Å². The van der Waals surface area contributed by atoms with Crippen LogP contribution in [0.2, 0.25) is 5.02 Å². The molecule has 9 heteroatoms. The van der Waals surface area contributed by atoms with Gasteiger partial charge in [-0.3, -0.25) is 9.80 Å². The van der Waals surface area contributed by atoms with Gasteiger partial charge in [-0.2, -0.15) is 4.98 Å². The number of hydrogen-bond acceptors (Lipinski definition) is 6. The molecule has 2 aromatic rings. The van der Waals surface area contributed by atoms with Crippen molar-refractivity contribution in [1.82, 2.24) is 19.9 Å². The molecule has 3 rings (SSSR count). The van der Waals surface area contributed by atoms with E-state index in [4.69, 9.17) is 21.9 Å². The van der Waals surface area contributed by atoms with E-state index in [0.717, 1.165) is 44.3 Å². The molecule has 0 bridgehead atoms. The Labute approximate surface area is 159 Å². The molecular weight excluding hydrogens is 373 g/mol. The zero-order valence-corrected chi connectivity index (χ0v) is 15.6. The van der Waals surface area contributed by atoms with Crippen molar-refractivity contribution in [2.45, 2.75) is 19.6 Å². The summed E-state index contributed by atoms with van der Waals surface area (Å²) in [5.74, 6) is 1.21. The number of aromatic nitrogens is 2.